The van der Waals surface area contributed by atoms with Gasteiger partial charge in [-0.1, -0.05) is 6.92 Å². The van der Waals surface area contributed by atoms with Crippen molar-refractivity contribution in [3.05, 3.63) is 21.9 Å². The molecule has 2 rings (SSSR count). The Kier molecular flexibility index (Phi) is 7.46. The number of amides is 2. The Hall–Kier alpha value is -1.60. The minimum atomic E-state index is -0.612. The number of thiophene rings is 1. The molecule has 0 bridgehead atoms. The summed E-state index contributed by atoms with van der Waals surface area (Å²) in [4.78, 5) is 27.4. The van der Waals surface area contributed by atoms with Crippen LogP contribution in [0.4, 0.5) is 4.79 Å². The second-order valence-corrected chi connectivity index (χ2v) is 8.77. The molecular weight excluding hydrogens is 352 g/mol. The maximum absolute atomic E-state index is 12.8. The molecular formula is C19H30N2O4S. The van der Waals surface area contributed by atoms with Gasteiger partial charge in [0.1, 0.15) is 11.6 Å². The highest BCUT2D eigenvalue weighted by atomic mass is 32.1. The number of carbonyl (C=O) groups excluding carboxylic acids is 2. The molecule has 0 aromatic carbocycles. The third kappa shape index (κ3) is 6.61. The van der Waals surface area contributed by atoms with Gasteiger partial charge in [-0.25, -0.2) is 4.79 Å². The van der Waals surface area contributed by atoms with Crippen LogP contribution >= 0.6 is 11.3 Å². The van der Waals surface area contributed by atoms with Gasteiger partial charge in [0.15, 0.2) is 0 Å². The summed E-state index contributed by atoms with van der Waals surface area (Å²) in [6, 6.07) is 3.51. The summed E-state index contributed by atoms with van der Waals surface area (Å²) in [5.74, 6) is -0.125. The number of nitrogens with one attached hydrogen (secondary N) is 2. The van der Waals surface area contributed by atoms with E-state index in [1.54, 1.807) is 32.1 Å². The van der Waals surface area contributed by atoms with Crippen molar-refractivity contribution in [2.24, 2.45) is 5.92 Å². The molecule has 146 valence electrons. The van der Waals surface area contributed by atoms with E-state index in [4.69, 9.17) is 9.47 Å². The lowest BCUT2D eigenvalue weighted by Crippen LogP contribution is -2.52. The zero-order chi connectivity index (χ0) is 19.2. The summed E-state index contributed by atoms with van der Waals surface area (Å²) < 4.78 is 10.7. The SMILES string of the molecule is CCc1ccc(CNC(=O)[C@H](NC(=O)OC(C)(C)C)C2CCOCC2)s1. The van der Waals surface area contributed by atoms with E-state index in [9.17, 15) is 9.59 Å². The summed E-state index contributed by atoms with van der Waals surface area (Å²) in [6.07, 6.45) is 1.91. The van der Waals surface area contributed by atoms with Crippen molar-refractivity contribution in [2.45, 2.75) is 65.1 Å². The number of rotatable bonds is 6. The van der Waals surface area contributed by atoms with E-state index in [0.29, 0.717) is 19.8 Å². The molecule has 7 heteroatoms. The van der Waals surface area contributed by atoms with Crippen LogP contribution in [0.15, 0.2) is 12.1 Å². The Morgan fingerprint density at radius 3 is 2.50 bits per heavy atom. The van der Waals surface area contributed by atoms with Crippen LogP contribution in [0, 0.1) is 5.92 Å². The van der Waals surface area contributed by atoms with Gasteiger partial charge in [-0.2, -0.15) is 0 Å². The molecule has 1 aliphatic heterocycles. The second-order valence-electron chi connectivity index (χ2n) is 7.51. The highest BCUT2D eigenvalue weighted by Crippen LogP contribution is 2.21. The van der Waals surface area contributed by atoms with E-state index in [2.05, 4.69) is 23.6 Å². The van der Waals surface area contributed by atoms with Crippen LogP contribution in [0.5, 0.6) is 0 Å². The molecule has 0 aliphatic carbocycles. The van der Waals surface area contributed by atoms with Crippen LogP contribution < -0.4 is 10.6 Å². The van der Waals surface area contributed by atoms with Gasteiger partial charge >= 0.3 is 6.09 Å². The highest BCUT2D eigenvalue weighted by molar-refractivity contribution is 7.11. The first-order chi connectivity index (χ1) is 12.3. The summed E-state index contributed by atoms with van der Waals surface area (Å²) in [5, 5.41) is 5.73. The van der Waals surface area contributed by atoms with Gasteiger partial charge in [-0.15, -0.1) is 11.3 Å². The molecule has 1 atom stereocenters. The predicted molar refractivity (Wildman–Crippen MR) is 102 cm³/mol. The van der Waals surface area contributed by atoms with Gasteiger partial charge in [-0.05, 0) is 58.1 Å². The van der Waals surface area contributed by atoms with Gasteiger partial charge in [0, 0.05) is 23.0 Å². The molecule has 26 heavy (non-hydrogen) atoms. The lowest BCUT2D eigenvalue weighted by molar-refractivity contribution is -0.125. The second kappa shape index (κ2) is 9.37. The van der Waals surface area contributed by atoms with Gasteiger partial charge in [0.2, 0.25) is 5.91 Å². The van der Waals surface area contributed by atoms with Gasteiger partial charge in [0.05, 0.1) is 6.54 Å². The lowest BCUT2D eigenvalue weighted by atomic mass is 9.91. The van der Waals surface area contributed by atoms with E-state index in [1.807, 2.05) is 6.07 Å². The first-order valence-corrected chi connectivity index (χ1v) is 10.0. The van der Waals surface area contributed by atoms with Crippen LogP contribution in [0.1, 0.15) is 50.3 Å². The number of ether oxygens (including phenoxy) is 2. The quantitative estimate of drug-likeness (QED) is 0.792. The maximum atomic E-state index is 12.8. The summed E-state index contributed by atoms with van der Waals surface area (Å²) >= 11 is 1.70. The maximum Gasteiger partial charge on any atom is 0.408 e. The summed E-state index contributed by atoms with van der Waals surface area (Å²) in [6.45, 7) is 9.21. The molecule has 1 aliphatic rings. The van der Waals surface area contributed by atoms with Crippen LogP contribution in [-0.2, 0) is 27.2 Å². The molecule has 0 unspecified atom stereocenters. The van der Waals surface area contributed by atoms with Gasteiger partial charge in [-0.3, -0.25) is 4.79 Å². The summed E-state index contributed by atoms with van der Waals surface area (Å²) in [7, 11) is 0. The molecule has 0 spiro atoms. The fourth-order valence-electron chi connectivity index (χ4n) is 2.87. The Balaban J connectivity index is 1.99. The Morgan fingerprint density at radius 1 is 1.27 bits per heavy atom. The zero-order valence-electron chi connectivity index (χ0n) is 16.1. The Labute approximate surface area is 159 Å². The third-order valence-electron chi connectivity index (χ3n) is 4.19. The van der Waals surface area contributed by atoms with E-state index in [0.717, 1.165) is 24.1 Å². The van der Waals surface area contributed by atoms with Crippen molar-refractivity contribution < 1.29 is 19.1 Å². The smallest absolute Gasteiger partial charge is 0.408 e. The van der Waals surface area contributed by atoms with Crippen LogP contribution in [-0.4, -0.2) is 36.9 Å². The van der Waals surface area contributed by atoms with Crippen molar-refractivity contribution in [3.8, 4) is 0 Å². The normalized spacial score (nSPS) is 16.8. The van der Waals surface area contributed by atoms with Crippen LogP contribution in [0.2, 0.25) is 0 Å². The molecule has 6 nitrogen and oxygen atoms in total. The van der Waals surface area contributed by atoms with Crippen molar-refractivity contribution >= 4 is 23.3 Å². The predicted octanol–water partition coefficient (Wildman–Crippen LogP) is 3.25. The molecule has 1 aromatic rings. The van der Waals surface area contributed by atoms with Crippen LogP contribution in [0.3, 0.4) is 0 Å². The van der Waals surface area contributed by atoms with Crippen molar-refractivity contribution in [2.75, 3.05) is 13.2 Å². The minimum Gasteiger partial charge on any atom is -0.444 e. The zero-order valence-corrected chi connectivity index (χ0v) is 16.9. The molecule has 2 heterocycles. The van der Waals surface area contributed by atoms with E-state index in [1.165, 1.54) is 4.88 Å². The fourth-order valence-corrected chi connectivity index (χ4v) is 3.77. The number of alkyl carbamates (subject to hydrolysis) is 1. The number of carbonyl (C=O) groups is 2. The molecule has 1 aromatic heterocycles. The van der Waals surface area contributed by atoms with Crippen LogP contribution in [0.25, 0.3) is 0 Å². The largest absolute Gasteiger partial charge is 0.444 e. The Bertz CT molecular complexity index is 603. The minimum absolute atomic E-state index is 0.0470. The number of aryl methyl sites for hydroxylation is 1. The van der Waals surface area contributed by atoms with Crippen molar-refractivity contribution in [3.63, 3.8) is 0 Å². The Morgan fingerprint density at radius 2 is 1.92 bits per heavy atom. The van der Waals surface area contributed by atoms with E-state index >= 15 is 0 Å². The fraction of sp³-hybridized carbons (Fsp3) is 0.684. The third-order valence-corrected chi connectivity index (χ3v) is 5.42. The molecule has 1 fully saturated rings. The molecule has 2 N–H and O–H groups in total. The molecule has 2 amide bonds. The summed E-state index contributed by atoms with van der Waals surface area (Å²) in [5.41, 5.74) is -0.603. The number of hydrogen-bond donors (Lipinski definition) is 2. The number of hydrogen-bond acceptors (Lipinski definition) is 5. The molecule has 1 saturated heterocycles. The molecule has 0 saturated carbocycles. The lowest BCUT2D eigenvalue weighted by Gasteiger charge is -2.31. The van der Waals surface area contributed by atoms with Crippen molar-refractivity contribution in [1.82, 2.24) is 10.6 Å². The highest BCUT2D eigenvalue weighted by Gasteiger charge is 2.32. The standard InChI is InChI=1S/C19H30N2O4S/c1-5-14-6-7-15(26-14)12-20-17(22)16(13-8-10-24-11-9-13)21-18(23)25-19(2,3)4/h6-7,13,16H,5,8-12H2,1-4H3,(H,20,22)(H,21,23)/t16-/m1/s1. The topological polar surface area (TPSA) is 76.7 Å². The first-order valence-electron chi connectivity index (χ1n) is 9.21. The first kappa shape index (κ1) is 20.7. The molecule has 0 radical (unpaired) electrons. The average molecular weight is 383 g/mol. The van der Waals surface area contributed by atoms with E-state index in [-0.39, 0.29) is 11.8 Å². The van der Waals surface area contributed by atoms with Crippen molar-refractivity contribution in [1.29, 1.82) is 0 Å². The van der Waals surface area contributed by atoms with Gasteiger partial charge in [0.25, 0.3) is 0 Å². The average Bonchev–Trinajstić information content (AvgIpc) is 3.05. The van der Waals surface area contributed by atoms with Gasteiger partial charge < -0.3 is 20.1 Å². The van der Waals surface area contributed by atoms with E-state index < -0.39 is 17.7 Å². The monoisotopic (exact) mass is 382 g/mol.